The summed E-state index contributed by atoms with van der Waals surface area (Å²) in [7, 11) is 0. The van der Waals surface area contributed by atoms with Crippen molar-refractivity contribution in [2.45, 2.75) is 19.2 Å². The second-order valence-corrected chi connectivity index (χ2v) is 3.32. The third kappa shape index (κ3) is 3.06. The van der Waals surface area contributed by atoms with Gasteiger partial charge in [-0.15, -0.1) is 0 Å². The second-order valence-electron chi connectivity index (χ2n) is 3.32. The van der Waals surface area contributed by atoms with Gasteiger partial charge < -0.3 is 5.11 Å². The zero-order chi connectivity index (χ0) is 12.3. The topological polar surface area (TPSA) is 20.2 Å². The van der Waals surface area contributed by atoms with Gasteiger partial charge in [-0.3, -0.25) is 0 Å². The van der Waals surface area contributed by atoms with Gasteiger partial charge in [-0.1, -0.05) is 18.2 Å². The Kier molecular flexibility index (Phi) is 3.70. The molecule has 0 spiro atoms. The van der Waals surface area contributed by atoms with Crippen molar-refractivity contribution in [1.82, 2.24) is 0 Å². The van der Waals surface area contributed by atoms with Crippen LogP contribution in [0, 0.1) is 5.82 Å². The summed E-state index contributed by atoms with van der Waals surface area (Å²) in [4.78, 5) is 0. The molecule has 1 nitrogen and oxygen atoms in total. The van der Waals surface area contributed by atoms with Crippen molar-refractivity contribution in [3.05, 3.63) is 41.7 Å². The lowest BCUT2D eigenvalue weighted by atomic mass is 10.1. The van der Waals surface area contributed by atoms with Crippen LogP contribution in [0.2, 0.25) is 0 Å². The van der Waals surface area contributed by atoms with Gasteiger partial charge in [0.1, 0.15) is 5.82 Å². The van der Waals surface area contributed by atoms with Crippen molar-refractivity contribution in [1.29, 1.82) is 0 Å². The highest BCUT2D eigenvalue weighted by molar-refractivity contribution is 5.64. The van der Waals surface area contributed by atoms with E-state index in [1.165, 1.54) is 25.1 Å². The predicted molar refractivity (Wildman–Crippen MR) is 52.1 cm³/mol. The van der Waals surface area contributed by atoms with Crippen molar-refractivity contribution in [2.24, 2.45) is 0 Å². The minimum absolute atomic E-state index is 0.0444. The minimum Gasteiger partial charge on any atom is -0.380 e. The number of hydrogen-bond acceptors (Lipinski definition) is 1. The van der Waals surface area contributed by atoms with Crippen LogP contribution in [0.25, 0.3) is 5.57 Å². The van der Waals surface area contributed by atoms with Crippen LogP contribution in [-0.4, -0.2) is 17.4 Å². The molecule has 1 aromatic carbocycles. The number of aliphatic hydroxyl groups excluding tert-OH is 1. The lowest BCUT2D eigenvalue weighted by Gasteiger charge is -2.12. The molecule has 0 saturated heterocycles. The van der Waals surface area contributed by atoms with Gasteiger partial charge in [0.2, 0.25) is 0 Å². The van der Waals surface area contributed by atoms with Crippen LogP contribution in [0.15, 0.2) is 30.3 Å². The molecule has 1 rings (SSSR count). The zero-order valence-corrected chi connectivity index (χ0v) is 8.42. The highest BCUT2D eigenvalue weighted by Crippen LogP contribution is 2.25. The monoisotopic (exact) mass is 234 g/mol. The second kappa shape index (κ2) is 4.65. The van der Waals surface area contributed by atoms with Crippen LogP contribution in [0.4, 0.5) is 17.6 Å². The normalized spacial score (nSPS) is 15.0. The molecule has 0 aliphatic heterocycles. The van der Waals surface area contributed by atoms with Gasteiger partial charge in [-0.2, -0.15) is 13.2 Å². The van der Waals surface area contributed by atoms with E-state index in [1.54, 1.807) is 0 Å². The Morgan fingerprint density at radius 1 is 1.31 bits per heavy atom. The fourth-order valence-corrected chi connectivity index (χ4v) is 1.20. The molecule has 1 atom stereocenters. The van der Waals surface area contributed by atoms with E-state index in [1.807, 2.05) is 0 Å². The Hall–Kier alpha value is -1.36. The SMILES string of the molecule is C/C(=C\[C@H](O)C(F)(F)F)c1ccccc1F. The number of halogens is 4. The molecule has 0 fully saturated rings. The quantitative estimate of drug-likeness (QED) is 0.779. The van der Waals surface area contributed by atoms with Crippen LogP contribution in [0.1, 0.15) is 12.5 Å². The van der Waals surface area contributed by atoms with Crippen molar-refractivity contribution < 1.29 is 22.7 Å². The molecule has 0 unspecified atom stereocenters. The van der Waals surface area contributed by atoms with Gasteiger partial charge in [0.05, 0.1) is 0 Å². The van der Waals surface area contributed by atoms with E-state index in [0.717, 1.165) is 6.07 Å². The first-order valence-electron chi connectivity index (χ1n) is 4.50. The van der Waals surface area contributed by atoms with Crippen LogP contribution in [-0.2, 0) is 0 Å². The van der Waals surface area contributed by atoms with Crippen molar-refractivity contribution in [2.75, 3.05) is 0 Å². The molecule has 0 radical (unpaired) electrons. The van der Waals surface area contributed by atoms with E-state index in [4.69, 9.17) is 5.11 Å². The molecule has 0 heterocycles. The van der Waals surface area contributed by atoms with Crippen LogP contribution in [0.3, 0.4) is 0 Å². The number of alkyl halides is 3. The van der Waals surface area contributed by atoms with Gasteiger partial charge in [-0.05, 0) is 24.6 Å². The van der Waals surface area contributed by atoms with E-state index in [-0.39, 0.29) is 11.1 Å². The average Bonchev–Trinajstić information content (AvgIpc) is 2.16. The average molecular weight is 234 g/mol. The van der Waals surface area contributed by atoms with Gasteiger partial charge in [0.25, 0.3) is 0 Å². The van der Waals surface area contributed by atoms with Crippen LogP contribution < -0.4 is 0 Å². The molecule has 0 aliphatic rings. The molecule has 0 saturated carbocycles. The van der Waals surface area contributed by atoms with Gasteiger partial charge >= 0.3 is 6.18 Å². The summed E-state index contributed by atoms with van der Waals surface area (Å²) in [5, 5.41) is 8.78. The first-order valence-corrected chi connectivity index (χ1v) is 4.50. The maximum Gasteiger partial charge on any atom is 0.418 e. The number of aliphatic hydroxyl groups is 1. The first-order chi connectivity index (χ1) is 7.32. The maximum atomic E-state index is 13.2. The third-order valence-electron chi connectivity index (χ3n) is 2.04. The molecule has 0 aliphatic carbocycles. The summed E-state index contributed by atoms with van der Waals surface area (Å²) < 4.78 is 49.3. The summed E-state index contributed by atoms with van der Waals surface area (Å²) >= 11 is 0. The summed E-state index contributed by atoms with van der Waals surface area (Å²) in [5.74, 6) is -0.620. The van der Waals surface area contributed by atoms with Crippen molar-refractivity contribution in [3.63, 3.8) is 0 Å². The van der Waals surface area contributed by atoms with Gasteiger partial charge in [0.15, 0.2) is 6.10 Å². The standard InChI is InChI=1S/C11H10F4O/c1-7(6-10(16)11(13,14)15)8-4-2-3-5-9(8)12/h2-6,10,16H,1H3/b7-6+/t10-/m0/s1. The summed E-state index contributed by atoms with van der Waals surface area (Å²) in [6.45, 7) is 1.31. The summed E-state index contributed by atoms with van der Waals surface area (Å²) in [6, 6.07) is 5.44. The zero-order valence-electron chi connectivity index (χ0n) is 8.42. The molecule has 88 valence electrons. The maximum absolute atomic E-state index is 13.2. The van der Waals surface area contributed by atoms with Crippen LogP contribution in [0.5, 0.6) is 0 Å². The molecule has 0 aromatic heterocycles. The van der Waals surface area contributed by atoms with E-state index >= 15 is 0 Å². The van der Waals surface area contributed by atoms with Gasteiger partial charge in [0, 0.05) is 5.56 Å². The molecular formula is C11H10F4O. The van der Waals surface area contributed by atoms with E-state index in [2.05, 4.69) is 0 Å². The van der Waals surface area contributed by atoms with Crippen molar-refractivity contribution in [3.8, 4) is 0 Å². The predicted octanol–water partition coefficient (Wildman–Crippen LogP) is 3.15. The lowest BCUT2D eigenvalue weighted by Crippen LogP contribution is -2.26. The molecular weight excluding hydrogens is 224 g/mol. The Morgan fingerprint density at radius 2 is 1.88 bits per heavy atom. The summed E-state index contributed by atoms with van der Waals surface area (Å²) in [5.41, 5.74) is 0.0914. The van der Waals surface area contributed by atoms with Crippen molar-refractivity contribution >= 4 is 5.57 Å². The molecule has 16 heavy (non-hydrogen) atoms. The first kappa shape index (κ1) is 12.7. The van der Waals surface area contributed by atoms with Crippen LogP contribution >= 0.6 is 0 Å². The smallest absolute Gasteiger partial charge is 0.380 e. The highest BCUT2D eigenvalue weighted by atomic mass is 19.4. The summed E-state index contributed by atoms with van der Waals surface area (Å²) in [6.07, 6.45) is -6.72. The highest BCUT2D eigenvalue weighted by Gasteiger charge is 2.36. The Balaban J connectivity index is 2.99. The fraction of sp³-hybridized carbons (Fsp3) is 0.273. The minimum atomic E-state index is -4.73. The Labute approximate surface area is 90.0 Å². The molecule has 5 heteroatoms. The molecule has 1 aromatic rings. The van der Waals surface area contributed by atoms with Gasteiger partial charge in [-0.25, -0.2) is 4.39 Å². The van der Waals surface area contributed by atoms with E-state index in [0.29, 0.717) is 6.08 Å². The molecule has 0 bridgehead atoms. The van der Waals surface area contributed by atoms with E-state index in [9.17, 15) is 17.6 Å². The van der Waals surface area contributed by atoms with E-state index < -0.39 is 18.1 Å². The Morgan fingerprint density at radius 3 is 2.38 bits per heavy atom. The molecule has 0 amide bonds. The number of benzene rings is 1. The number of allylic oxidation sites excluding steroid dienone is 1. The lowest BCUT2D eigenvalue weighted by molar-refractivity contribution is -0.187. The fourth-order valence-electron chi connectivity index (χ4n) is 1.20. The number of hydrogen-bond donors (Lipinski definition) is 1. The Bertz CT molecular complexity index is 395. The molecule has 1 N–H and O–H groups in total. The largest absolute Gasteiger partial charge is 0.418 e. The number of rotatable bonds is 2. The third-order valence-corrected chi connectivity index (χ3v) is 2.04.